The Balaban J connectivity index is 1.18. The maximum absolute atomic E-state index is 12.8. The van der Waals surface area contributed by atoms with Gasteiger partial charge in [-0.2, -0.15) is 0 Å². The molecule has 3 aliphatic heterocycles. The van der Waals surface area contributed by atoms with Crippen LogP contribution in [0.2, 0.25) is 0 Å². The summed E-state index contributed by atoms with van der Waals surface area (Å²) in [5, 5.41) is 0. The number of benzene rings is 1. The van der Waals surface area contributed by atoms with Crippen molar-refractivity contribution in [3.63, 3.8) is 0 Å². The van der Waals surface area contributed by atoms with Crippen molar-refractivity contribution < 1.29 is 9.53 Å². The van der Waals surface area contributed by atoms with Crippen LogP contribution in [0.25, 0.3) is 0 Å². The molecule has 1 unspecified atom stereocenters. The minimum absolute atomic E-state index is 0.126. The molecule has 1 amide bonds. The number of piperazine rings is 1. The predicted molar refractivity (Wildman–Crippen MR) is 120 cm³/mol. The number of halogens is 1. The van der Waals surface area contributed by atoms with Crippen LogP contribution in [0.4, 0.5) is 0 Å². The summed E-state index contributed by atoms with van der Waals surface area (Å²) < 4.78 is 10.1. The van der Waals surface area contributed by atoms with Crippen LogP contribution in [0.5, 0.6) is 0 Å². The highest BCUT2D eigenvalue weighted by molar-refractivity contribution is 9.10. The molecule has 3 aliphatic rings. The Hall–Kier alpha value is -1.45. The number of hydrogen-bond acceptors (Lipinski definition) is 6. The van der Waals surface area contributed by atoms with Crippen LogP contribution < -0.4 is 0 Å². The molecular weight excluding hydrogens is 464 g/mol. The molecule has 6 nitrogen and oxygen atoms in total. The van der Waals surface area contributed by atoms with Gasteiger partial charge in [-0.1, -0.05) is 15.9 Å². The number of fused-ring (bicyclic) bond motifs is 1. The molecule has 0 radical (unpaired) electrons. The molecule has 4 heterocycles. The van der Waals surface area contributed by atoms with E-state index in [-0.39, 0.29) is 17.7 Å². The summed E-state index contributed by atoms with van der Waals surface area (Å²) >= 11 is 5.30. The van der Waals surface area contributed by atoms with Gasteiger partial charge >= 0.3 is 0 Å². The highest BCUT2D eigenvalue weighted by atomic mass is 79.9. The van der Waals surface area contributed by atoms with Crippen LogP contribution in [-0.2, 0) is 16.1 Å². The van der Waals surface area contributed by atoms with E-state index in [9.17, 15) is 4.79 Å². The fourth-order valence-corrected chi connectivity index (χ4v) is 5.71. The van der Waals surface area contributed by atoms with E-state index in [1.165, 1.54) is 10.5 Å². The summed E-state index contributed by atoms with van der Waals surface area (Å²) in [5.41, 5.74) is 0.987. The summed E-state index contributed by atoms with van der Waals surface area (Å²) in [4.78, 5) is 22.3. The number of carbonyl (C=O) groups is 1. The highest BCUT2D eigenvalue weighted by Crippen LogP contribution is 2.39. The average Bonchev–Trinajstić information content (AvgIpc) is 3.11. The SMILES string of the molecule is O=C1CN(Cc2ccncc2)CC2OC3(CCN(Sc4ccc(Br)cc4)CC3)CN12. The lowest BCUT2D eigenvalue weighted by atomic mass is 9.92. The summed E-state index contributed by atoms with van der Waals surface area (Å²) in [6, 6.07) is 12.5. The van der Waals surface area contributed by atoms with Gasteiger partial charge in [-0.3, -0.25) is 14.7 Å². The fraction of sp³-hybridized carbons (Fsp3) is 0.455. The molecule has 5 rings (SSSR count). The molecule has 1 aromatic heterocycles. The number of carbonyl (C=O) groups excluding carboxylic acids is 1. The minimum atomic E-state index is -0.191. The van der Waals surface area contributed by atoms with Gasteiger partial charge in [0.15, 0.2) is 0 Å². The van der Waals surface area contributed by atoms with E-state index in [1.54, 1.807) is 24.3 Å². The predicted octanol–water partition coefficient (Wildman–Crippen LogP) is 3.39. The number of nitrogens with zero attached hydrogens (tertiary/aromatic N) is 4. The van der Waals surface area contributed by atoms with E-state index in [2.05, 4.69) is 54.4 Å². The largest absolute Gasteiger partial charge is 0.349 e. The Morgan fingerprint density at radius 1 is 1.13 bits per heavy atom. The van der Waals surface area contributed by atoms with Crippen molar-refractivity contribution in [1.82, 2.24) is 19.1 Å². The van der Waals surface area contributed by atoms with E-state index in [4.69, 9.17) is 4.74 Å². The molecule has 0 bridgehead atoms. The normalized spacial score (nSPS) is 24.4. The summed E-state index contributed by atoms with van der Waals surface area (Å²) in [5.74, 6) is 0.184. The standard InChI is InChI=1S/C22H25BrN4O2S/c23-18-1-3-19(4-2-18)30-26-11-7-22(8-12-26)16-27-20(28)14-25(15-21(27)29-22)13-17-5-9-24-10-6-17/h1-6,9-10,21H,7-8,11-16H2. The second-order valence-electron chi connectivity index (χ2n) is 8.28. The van der Waals surface area contributed by atoms with Gasteiger partial charge in [0.2, 0.25) is 5.91 Å². The first-order valence-corrected chi connectivity index (χ1v) is 11.9. The Bertz CT molecular complexity index is 890. The Morgan fingerprint density at radius 3 is 2.60 bits per heavy atom. The molecule has 0 N–H and O–H groups in total. The van der Waals surface area contributed by atoms with Gasteiger partial charge in [0.05, 0.1) is 18.7 Å². The summed E-state index contributed by atoms with van der Waals surface area (Å²) in [6.07, 6.45) is 5.39. The van der Waals surface area contributed by atoms with Gasteiger partial charge in [0.25, 0.3) is 0 Å². The van der Waals surface area contributed by atoms with Crippen molar-refractivity contribution >= 4 is 33.8 Å². The number of rotatable bonds is 4. The van der Waals surface area contributed by atoms with Crippen molar-refractivity contribution in [2.24, 2.45) is 0 Å². The third-order valence-corrected chi connectivity index (χ3v) is 7.76. The number of piperidine rings is 1. The minimum Gasteiger partial charge on any atom is -0.349 e. The second kappa shape index (κ2) is 8.59. The molecular formula is C22H25BrN4O2S. The van der Waals surface area contributed by atoms with Crippen molar-refractivity contribution in [3.8, 4) is 0 Å². The smallest absolute Gasteiger partial charge is 0.238 e. The molecule has 1 spiro atoms. The third kappa shape index (κ3) is 4.43. The third-order valence-electron chi connectivity index (χ3n) is 6.12. The quantitative estimate of drug-likeness (QED) is 0.614. The number of hydrogen-bond donors (Lipinski definition) is 0. The highest BCUT2D eigenvalue weighted by Gasteiger charge is 2.50. The Kier molecular flexibility index (Phi) is 5.86. The zero-order valence-electron chi connectivity index (χ0n) is 16.7. The van der Waals surface area contributed by atoms with Crippen molar-refractivity contribution in [3.05, 3.63) is 58.8 Å². The zero-order chi connectivity index (χ0) is 20.6. The lowest BCUT2D eigenvalue weighted by Crippen LogP contribution is -2.53. The number of amides is 1. The van der Waals surface area contributed by atoms with Crippen LogP contribution in [0, 0.1) is 0 Å². The van der Waals surface area contributed by atoms with Crippen molar-refractivity contribution in [2.75, 3.05) is 32.7 Å². The number of ether oxygens (including phenoxy) is 1. The summed E-state index contributed by atoms with van der Waals surface area (Å²) in [6.45, 7) is 4.66. The number of pyridine rings is 1. The molecule has 30 heavy (non-hydrogen) atoms. The summed E-state index contributed by atoms with van der Waals surface area (Å²) in [7, 11) is 0. The Morgan fingerprint density at radius 2 is 1.87 bits per heavy atom. The molecule has 8 heteroatoms. The second-order valence-corrected chi connectivity index (χ2v) is 10.4. The monoisotopic (exact) mass is 488 g/mol. The van der Waals surface area contributed by atoms with E-state index < -0.39 is 0 Å². The molecule has 0 aliphatic carbocycles. The zero-order valence-corrected chi connectivity index (χ0v) is 19.1. The molecule has 2 aromatic rings. The molecule has 1 atom stereocenters. The van der Waals surface area contributed by atoms with E-state index >= 15 is 0 Å². The van der Waals surface area contributed by atoms with Crippen LogP contribution >= 0.6 is 27.9 Å². The Labute approximate surface area is 189 Å². The van der Waals surface area contributed by atoms with Gasteiger partial charge in [0, 0.05) is 47.9 Å². The van der Waals surface area contributed by atoms with Crippen molar-refractivity contribution in [2.45, 2.75) is 36.1 Å². The molecule has 158 valence electrons. The molecule has 3 saturated heterocycles. The van der Waals surface area contributed by atoms with Gasteiger partial charge in [-0.05, 0) is 66.8 Å². The van der Waals surface area contributed by atoms with Crippen LogP contribution in [-0.4, -0.2) is 69.5 Å². The lowest BCUT2D eigenvalue weighted by molar-refractivity contribution is -0.149. The topological polar surface area (TPSA) is 48.9 Å². The average molecular weight is 489 g/mol. The van der Waals surface area contributed by atoms with Crippen molar-refractivity contribution in [1.29, 1.82) is 0 Å². The first-order chi connectivity index (χ1) is 14.6. The maximum atomic E-state index is 12.8. The van der Waals surface area contributed by atoms with Gasteiger partial charge < -0.3 is 9.64 Å². The molecule has 0 saturated carbocycles. The van der Waals surface area contributed by atoms with Crippen LogP contribution in [0.1, 0.15) is 18.4 Å². The van der Waals surface area contributed by atoms with Gasteiger partial charge in [-0.15, -0.1) is 0 Å². The first kappa shape index (κ1) is 20.5. The molecule has 3 fully saturated rings. The van der Waals surface area contributed by atoms with Crippen LogP contribution in [0.3, 0.4) is 0 Å². The lowest BCUT2D eigenvalue weighted by Gasteiger charge is -2.37. The van der Waals surface area contributed by atoms with Crippen LogP contribution in [0.15, 0.2) is 58.2 Å². The first-order valence-electron chi connectivity index (χ1n) is 10.4. The molecule has 1 aromatic carbocycles. The number of aromatic nitrogens is 1. The van der Waals surface area contributed by atoms with E-state index in [1.807, 2.05) is 17.0 Å². The van der Waals surface area contributed by atoms with E-state index in [0.717, 1.165) is 50.0 Å². The fourth-order valence-electron chi connectivity index (χ4n) is 4.53. The van der Waals surface area contributed by atoms with E-state index in [0.29, 0.717) is 6.54 Å². The maximum Gasteiger partial charge on any atom is 0.238 e. The van der Waals surface area contributed by atoms with Gasteiger partial charge in [0.1, 0.15) is 6.23 Å². The van der Waals surface area contributed by atoms with Gasteiger partial charge in [-0.25, -0.2) is 4.31 Å².